The number of rotatable bonds is 12. The molecule has 3 aromatic carbocycles. The number of likely N-dealkylation sites (N-methyl/N-ethyl adjacent to an activating group) is 1. The van der Waals surface area contributed by atoms with E-state index in [0.29, 0.717) is 30.0 Å². The Bertz CT molecular complexity index is 1390. The summed E-state index contributed by atoms with van der Waals surface area (Å²) in [5.41, 5.74) is 2.75. The first-order chi connectivity index (χ1) is 18.6. The molecule has 0 saturated heterocycles. The molecular weight excluding hydrogens is 514 g/mol. The van der Waals surface area contributed by atoms with Gasteiger partial charge in [-0.1, -0.05) is 49.4 Å². The third-order valence-electron chi connectivity index (χ3n) is 6.47. The van der Waals surface area contributed by atoms with Crippen molar-refractivity contribution >= 4 is 27.5 Å². The monoisotopic (exact) mass is 551 g/mol. The van der Waals surface area contributed by atoms with Crippen LogP contribution in [-0.2, 0) is 26.2 Å². The highest BCUT2D eigenvalue weighted by Gasteiger charge is 2.34. The fourth-order valence-corrected chi connectivity index (χ4v) is 5.89. The lowest BCUT2D eigenvalue weighted by Gasteiger charge is -2.33. The van der Waals surface area contributed by atoms with Gasteiger partial charge in [0.15, 0.2) is 0 Å². The van der Waals surface area contributed by atoms with Crippen molar-refractivity contribution in [3.05, 3.63) is 89.5 Å². The molecule has 0 bridgehead atoms. The van der Waals surface area contributed by atoms with Crippen molar-refractivity contribution in [3.63, 3.8) is 0 Å². The molecule has 0 radical (unpaired) electrons. The topological polar surface area (TPSA) is 96.0 Å². The Kier molecular flexibility index (Phi) is 10.1. The Balaban J connectivity index is 2.10. The molecule has 1 N–H and O–H groups in total. The number of amides is 2. The molecule has 0 fully saturated rings. The van der Waals surface area contributed by atoms with E-state index in [4.69, 9.17) is 4.74 Å². The summed E-state index contributed by atoms with van der Waals surface area (Å²) in [5.74, 6) is -0.161. The van der Waals surface area contributed by atoms with Crippen LogP contribution in [0.4, 0.5) is 5.69 Å². The highest BCUT2D eigenvalue weighted by atomic mass is 32.2. The van der Waals surface area contributed by atoms with Gasteiger partial charge in [0, 0.05) is 13.1 Å². The summed E-state index contributed by atoms with van der Waals surface area (Å²) < 4.78 is 34.4. The number of hydrogen-bond donors (Lipinski definition) is 1. The standard InChI is InChI=1S/C30H37N3O5S/c1-6-27(30(35)31-7-2)32(20-24-12-11-13-25(19-24)38-5)29(34)21-33(28-18-22(3)16-17-23(28)4)39(36,37)26-14-9-8-10-15-26/h8-19,27H,6-7,20-21H2,1-5H3,(H,31,35). The highest BCUT2D eigenvalue weighted by Crippen LogP contribution is 2.28. The van der Waals surface area contributed by atoms with Crippen LogP contribution in [0.5, 0.6) is 5.75 Å². The van der Waals surface area contributed by atoms with Gasteiger partial charge in [0.1, 0.15) is 18.3 Å². The quantitative estimate of drug-likeness (QED) is 0.359. The average Bonchev–Trinajstić information content (AvgIpc) is 2.93. The predicted molar refractivity (Wildman–Crippen MR) is 153 cm³/mol. The van der Waals surface area contributed by atoms with Gasteiger partial charge < -0.3 is 15.0 Å². The number of carbonyl (C=O) groups excluding carboxylic acids is 2. The lowest BCUT2D eigenvalue weighted by molar-refractivity contribution is -0.140. The molecule has 208 valence electrons. The van der Waals surface area contributed by atoms with Gasteiger partial charge in [0.05, 0.1) is 17.7 Å². The van der Waals surface area contributed by atoms with Crippen LogP contribution >= 0.6 is 0 Å². The number of sulfonamides is 1. The molecule has 1 unspecified atom stereocenters. The van der Waals surface area contributed by atoms with Gasteiger partial charge in [0.25, 0.3) is 10.0 Å². The van der Waals surface area contributed by atoms with Crippen LogP contribution in [0.1, 0.15) is 37.0 Å². The second-order valence-electron chi connectivity index (χ2n) is 9.31. The molecule has 0 aliphatic rings. The van der Waals surface area contributed by atoms with Crippen LogP contribution in [0.25, 0.3) is 0 Å². The summed E-state index contributed by atoms with van der Waals surface area (Å²) in [6.45, 7) is 7.37. The Labute approximate surface area is 231 Å². The molecule has 0 saturated carbocycles. The van der Waals surface area contributed by atoms with Gasteiger partial charge in [-0.15, -0.1) is 0 Å². The van der Waals surface area contributed by atoms with E-state index >= 15 is 0 Å². The summed E-state index contributed by atoms with van der Waals surface area (Å²) >= 11 is 0. The fourth-order valence-electron chi connectivity index (χ4n) is 4.40. The second kappa shape index (κ2) is 13.3. The molecule has 0 aromatic heterocycles. The lowest BCUT2D eigenvalue weighted by atomic mass is 10.1. The highest BCUT2D eigenvalue weighted by molar-refractivity contribution is 7.92. The van der Waals surface area contributed by atoms with Crippen molar-refractivity contribution in [2.24, 2.45) is 0 Å². The van der Waals surface area contributed by atoms with E-state index < -0.39 is 28.5 Å². The van der Waals surface area contributed by atoms with Gasteiger partial charge in [-0.25, -0.2) is 8.42 Å². The Hall–Kier alpha value is -3.85. The predicted octanol–water partition coefficient (Wildman–Crippen LogP) is 4.45. The molecule has 3 aromatic rings. The molecule has 0 aliphatic carbocycles. The van der Waals surface area contributed by atoms with E-state index in [0.717, 1.165) is 15.4 Å². The van der Waals surface area contributed by atoms with E-state index in [1.54, 1.807) is 43.5 Å². The molecular formula is C30H37N3O5S. The number of hydrogen-bond acceptors (Lipinski definition) is 5. The van der Waals surface area contributed by atoms with Crippen molar-refractivity contribution in [1.82, 2.24) is 10.2 Å². The summed E-state index contributed by atoms with van der Waals surface area (Å²) in [5, 5.41) is 2.81. The molecule has 0 spiro atoms. The lowest BCUT2D eigenvalue weighted by Crippen LogP contribution is -2.52. The first kappa shape index (κ1) is 29.7. The minimum absolute atomic E-state index is 0.0776. The number of nitrogens with one attached hydrogen (secondary N) is 1. The van der Waals surface area contributed by atoms with Crippen LogP contribution in [0.15, 0.2) is 77.7 Å². The van der Waals surface area contributed by atoms with Crippen molar-refractivity contribution < 1.29 is 22.7 Å². The minimum atomic E-state index is -4.10. The molecule has 0 aliphatic heterocycles. The molecule has 9 heteroatoms. The van der Waals surface area contributed by atoms with Crippen LogP contribution in [0.3, 0.4) is 0 Å². The number of nitrogens with zero attached hydrogens (tertiary/aromatic N) is 2. The van der Waals surface area contributed by atoms with Crippen LogP contribution in [0, 0.1) is 13.8 Å². The van der Waals surface area contributed by atoms with E-state index in [-0.39, 0.29) is 17.3 Å². The Morgan fingerprint density at radius 2 is 1.67 bits per heavy atom. The Morgan fingerprint density at radius 3 is 2.31 bits per heavy atom. The first-order valence-electron chi connectivity index (χ1n) is 13.0. The zero-order valence-electron chi connectivity index (χ0n) is 23.2. The van der Waals surface area contributed by atoms with Gasteiger partial charge in [-0.3, -0.25) is 13.9 Å². The normalized spacial score (nSPS) is 11.9. The summed E-state index contributed by atoms with van der Waals surface area (Å²) in [6, 6.07) is 20.0. The van der Waals surface area contributed by atoms with Crippen molar-refractivity contribution in [3.8, 4) is 5.75 Å². The third kappa shape index (κ3) is 7.17. The van der Waals surface area contributed by atoms with Crippen LogP contribution in [0.2, 0.25) is 0 Å². The number of benzene rings is 3. The van der Waals surface area contributed by atoms with Gasteiger partial charge in [-0.05, 0) is 74.2 Å². The van der Waals surface area contributed by atoms with Gasteiger partial charge >= 0.3 is 0 Å². The summed E-state index contributed by atoms with van der Waals surface area (Å²) in [4.78, 5) is 28.7. The maximum absolute atomic E-state index is 14.1. The number of anilines is 1. The molecule has 1 atom stereocenters. The van der Waals surface area contributed by atoms with E-state index in [9.17, 15) is 18.0 Å². The van der Waals surface area contributed by atoms with Crippen molar-refractivity contribution in [2.75, 3.05) is 24.5 Å². The maximum atomic E-state index is 14.1. The molecule has 0 heterocycles. The average molecular weight is 552 g/mol. The van der Waals surface area contributed by atoms with Gasteiger partial charge in [0.2, 0.25) is 11.8 Å². The zero-order valence-corrected chi connectivity index (χ0v) is 24.0. The van der Waals surface area contributed by atoms with Gasteiger partial charge in [-0.2, -0.15) is 0 Å². The first-order valence-corrected chi connectivity index (χ1v) is 14.4. The molecule has 39 heavy (non-hydrogen) atoms. The molecule has 3 rings (SSSR count). The SMILES string of the molecule is CCNC(=O)C(CC)N(Cc1cccc(OC)c1)C(=O)CN(c1cc(C)ccc1C)S(=O)(=O)c1ccccc1. The fraction of sp³-hybridized carbons (Fsp3) is 0.333. The molecule has 8 nitrogen and oxygen atoms in total. The van der Waals surface area contributed by atoms with Crippen LogP contribution < -0.4 is 14.4 Å². The van der Waals surface area contributed by atoms with E-state index in [1.807, 2.05) is 52.0 Å². The number of carbonyl (C=O) groups is 2. The van der Waals surface area contributed by atoms with Crippen LogP contribution in [-0.4, -0.2) is 51.4 Å². The number of methoxy groups -OCH3 is 1. The number of aryl methyl sites for hydroxylation is 2. The zero-order chi connectivity index (χ0) is 28.6. The summed E-state index contributed by atoms with van der Waals surface area (Å²) in [7, 11) is -2.55. The van der Waals surface area contributed by atoms with E-state index in [2.05, 4.69) is 5.32 Å². The third-order valence-corrected chi connectivity index (χ3v) is 8.24. The second-order valence-corrected chi connectivity index (χ2v) is 11.2. The summed E-state index contributed by atoms with van der Waals surface area (Å²) in [6.07, 6.45) is 0.358. The smallest absolute Gasteiger partial charge is 0.264 e. The van der Waals surface area contributed by atoms with Crippen molar-refractivity contribution in [1.29, 1.82) is 0 Å². The van der Waals surface area contributed by atoms with Crippen molar-refractivity contribution in [2.45, 2.75) is 51.6 Å². The Morgan fingerprint density at radius 1 is 0.949 bits per heavy atom. The molecule has 2 amide bonds. The van der Waals surface area contributed by atoms with E-state index in [1.165, 1.54) is 17.0 Å². The number of ether oxygens (including phenoxy) is 1. The maximum Gasteiger partial charge on any atom is 0.264 e. The minimum Gasteiger partial charge on any atom is -0.497 e. The largest absolute Gasteiger partial charge is 0.497 e.